The van der Waals surface area contributed by atoms with Crippen molar-refractivity contribution in [3.8, 4) is 0 Å². The lowest BCUT2D eigenvalue weighted by molar-refractivity contribution is -0.155. The van der Waals surface area contributed by atoms with Gasteiger partial charge < -0.3 is 14.4 Å². The van der Waals surface area contributed by atoms with Gasteiger partial charge in [0.15, 0.2) is 0 Å². The van der Waals surface area contributed by atoms with Crippen molar-refractivity contribution in [1.82, 2.24) is 4.90 Å². The Kier molecular flexibility index (Phi) is 15.8. The van der Waals surface area contributed by atoms with E-state index in [4.69, 9.17) is 9.47 Å². The van der Waals surface area contributed by atoms with Gasteiger partial charge in [0.25, 0.3) is 4.08 Å². The molecule has 0 radical (unpaired) electrons. The molecule has 1 fully saturated rings. The van der Waals surface area contributed by atoms with Crippen LogP contribution in [-0.4, -0.2) is 65.8 Å². The van der Waals surface area contributed by atoms with E-state index in [1.807, 2.05) is 14.1 Å². The molecule has 0 atom stereocenters. The van der Waals surface area contributed by atoms with Crippen molar-refractivity contribution in [3.05, 3.63) is 0 Å². The SMILES string of the molecule is CCCCCCCCOC(=O)C1(C(=O)OCCCCCCCC)SCC(N(C)C)CS1. The van der Waals surface area contributed by atoms with E-state index in [9.17, 15) is 9.59 Å². The molecular weight excluding hydrogens is 430 g/mol. The molecule has 0 aromatic heterocycles. The summed E-state index contributed by atoms with van der Waals surface area (Å²) in [6.07, 6.45) is 13.6. The molecule has 0 spiro atoms. The average molecular weight is 476 g/mol. The Balaban J connectivity index is 2.51. The van der Waals surface area contributed by atoms with Crippen LogP contribution in [0.25, 0.3) is 0 Å². The molecule has 1 saturated heterocycles. The van der Waals surface area contributed by atoms with Gasteiger partial charge in [0.05, 0.1) is 13.2 Å². The summed E-state index contributed by atoms with van der Waals surface area (Å²) in [4.78, 5) is 28.2. The highest BCUT2D eigenvalue weighted by molar-refractivity contribution is 8.21. The van der Waals surface area contributed by atoms with Crippen LogP contribution in [-0.2, 0) is 19.1 Å². The summed E-state index contributed by atoms with van der Waals surface area (Å²) in [6.45, 7) is 5.17. The summed E-state index contributed by atoms with van der Waals surface area (Å²) in [7, 11) is 4.07. The van der Waals surface area contributed by atoms with Gasteiger partial charge in [0, 0.05) is 17.5 Å². The van der Waals surface area contributed by atoms with Gasteiger partial charge in [0.2, 0.25) is 0 Å². The molecule has 5 nitrogen and oxygen atoms in total. The van der Waals surface area contributed by atoms with Crippen LogP contribution in [0.4, 0.5) is 0 Å². The summed E-state index contributed by atoms with van der Waals surface area (Å²) in [6, 6.07) is 0.334. The maximum atomic E-state index is 13.0. The minimum Gasteiger partial charge on any atom is -0.464 e. The van der Waals surface area contributed by atoms with Gasteiger partial charge in [-0.3, -0.25) is 0 Å². The minimum atomic E-state index is -1.27. The van der Waals surface area contributed by atoms with Crippen molar-refractivity contribution in [3.63, 3.8) is 0 Å². The number of unbranched alkanes of at least 4 members (excludes halogenated alkanes) is 10. The summed E-state index contributed by atoms with van der Waals surface area (Å²) in [5, 5.41) is 0. The van der Waals surface area contributed by atoms with Crippen molar-refractivity contribution < 1.29 is 19.1 Å². The fourth-order valence-corrected chi connectivity index (χ4v) is 6.70. The molecule has 0 amide bonds. The Labute approximate surface area is 199 Å². The number of esters is 2. The van der Waals surface area contributed by atoms with Gasteiger partial charge in [-0.15, -0.1) is 23.5 Å². The van der Waals surface area contributed by atoms with Crippen molar-refractivity contribution in [2.24, 2.45) is 0 Å². The molecule has 7 heteroatoms. The van der Waals surface area contributed by atoms with Crippen LogP contribution in [0.3, 0.4) is 0 Å². The Morgan fingerprint density at radius 3 is 1.52 bits per heavy atom. The highest BCUT2D eigenvalue weighted by Crippen LogP contribution is 2.45. The fourth-order valence-electron chi connectivity index (χ4n) is 3.42. The molecule has 1 heterocycles. The van der Waals surface area contributed by atoms with Crippen molar-refractivity contribution in [1.29, 1.82) is 0 Å². The second-order valence-electron chi connectivity index (χ2n) is 8.66. The topological polar surface area (TPSA) is 55.8 Å². The Morgan fingerprint density at radius 2 is 1.13 bits per heavy atom. The molecular formula is C24H45NO4S2. The van der Waals surface area contributed by atoms with E-state index in [0.717, 1.165) is 37.2 Å². The van der Waals surface area contributed by atoms with E-state index in [2.05, 4.69) is 18.7 Å². The van der Waals surface area contributed by atoms with Crippen LogP contribution in [0.15, 0.2) is 0 Å². The Morgan fingerprint density at radius 1 is 0.742 bits per heavy atom. The molecule has 1 aliphatic heterocycles. The second kappa shape index (κ2) is 17.1. The summed E-state index contributed by atoms with van der Waals surface area (Å²) < 4.78 is 9.90. The summed E-state index contributed by atoms with van der Waals surface area (Å²) in [5.41, 5.74) is 0. The molecule has 0 bridgehead atoms. The first-order chi connectivity index (χ1) is 15.0. The number of thioether (sulfide) groups is 2. The van der Waals surface area contributed by atoms with Gasteiger partial charge in [0.1, 0.15) is 0 Å². The first-order valence-electron chi connectivity index (χ1n) is 12.3. The largest absolute Gasteiger partial charge is 0.464 e. The van der Waals surface area contributed by atoms with Gasteiger partial charge >= 0.3 is 11.9 Å². The second-order valence-corrected chi connectivity index (χ2v) is 11.4. The quantitative estimate of drug-likeness (QED) is 0.147. The highest BCUT2D eigenvalue weighted by atomic mass is 32.2. The zero-order valence-corrected chi connectivity index (χ0v) is 21.9. The number of carbonyl (C=O) groups is 2. The van der Waals surface area contributed by atoms with Crippen LogP contribution in [0.2, 0.25) is 0 Å². The van der Waals surface area contributed by atoms with Crippen LogP contribution < -0.4 is 0 Å². The Hall–Kier alpha value is -0.400. The lowest BCUT2D eigenvalue weighted by Crippen LogP contribution is -2.50. The summed E-state index contributed by atoms with van der Waals surface area (Å²) in [5.74, 6) is 0.582. The Bertz CT molecular complexity index is 462. The van der Waals surface area contributed by atoms with Crippen LogP contribution >= 0.6 is 23.5 Å². The number of rotatable bonds is 17. The highest BCUT2D eigenvalue weighted by Gasteiger charge is 2.53. The first kappa shape index (κ1) is 28.6. The van der Waals surface area contributed by atoms with Gasteiger partial charge in [-0.2, -0.15) is 0 Å². The summed E-state index contributed by atoms with van der Waals surface area (Å²) >= 11 is 2.77. The van der Waals surface area contributed by atoms with E-state index < -0.39 is 16.0 Å². The third-order valence-corrected chi connectivity index (χ3v) is 8.98. The normalized spacial score (nSPS) is 16.4. The van der Waals surface area contributed by atoms with E-state index in [-0.39, 0.29) is 0 Å². The van der Waals surface area contributed by atoms with E-state index in [1.165, 1.54) is 74.9 Å². The average Bonchev–Trinajstić information content (AvgIpc) is 2.77. The van der Waals surface area contributed by atoms with Crippen LogP contribution in [0.5, 0.6) is 0 Å². The van der Waals surface area contributed by atoms with Crippen LogP contribution in [0.1, 0.15) is 90.9 Å². The molecule has 1 aliphatic rings. The standard InChI is InChI=1S/C24H45NO4S2/c1-5-7-9-11-13-15-17-28-22(26)24(30-19-21(20-31-24)25(3)4)23(27)29-18-16-14-12-10-8-6-2/h21H,5-20H2,1-4H3. The molecule has 0 aromatic carbocycles. The third-order valence-electron chi connectivity index (χ3n) is 5.69. The number of hydrogen-bond acceptors (Lipinski definition) is 7. The first-order valence-corrected chi connectivity index (χ1v) is 14.2. The molecule has 0 aliphatic carbocycles. The molecule has 0 aromatic rings. The smallest absolute Gasteiger partial charge is 0.344 e. The molecule has 0 unspecified atom stereocenters. The van der Waals surface area contributed by atoms with Crippen LogP contribution in [0, 0.1) is 0 Å². The van der Waals surface area contributed by atoms with E-state index in [0.29, 0.717) is 19.3 Å². The van der Waals surface area contributed by atoms with Crippen molar-refractivity contribution in [2.75, 3.05) is 38.8 Å². The maximum absolute atomic E-state index is 13.0. The van der Waals surface area contributed by atoms with Gasteiger partial charge in [-0.25, -0.2) is 9.59 Å². The zero-order valence-electron chi connectivity index (χ0n) is 20.3. The monoisotopic (exact) mass is 475 g/mol. The molecule has 0 N–H and O–H groups in total. The molecule has 1 rings (SSSR count). The van der Waals surface area contributed by atoms with Crippen molar-refractivity contribution in [2.45, 2.75) is 101 Å². The molecule has 182 valence electrons. The molecule has 31 heavy (non-hydrogen) atoms. The number of hydrogen-bond donors (Lipinski definition) is 0. The van der Waals surface area contributed by atoms with Gasteiger partial charge in [-0.05, 0) is 26.9 Å². The van der Waals surface area contributed by atoms with E-state index in [1.54, 1.807) is 0 Å². The lowest BCUT2D eigenvalue weighted by Gasteiger charge is -2.37. The van der Waals surface area contributed by atoms with Crippen molar-refractivity contribution >= 4 is 35.5 Å². The predicted octanol–water partition coefficient (Wildman–Crippen LogP) is 5.90. The number of carbonyl (C=O) groups excluding carboxylic acids is 2. The predicted molar refractivity (Wildman–Crippen MR) is 134 cm³/mol. The number of ether oxygens (including phenoxy) is 2. The maximum Gasteiger partial charge on any atom is 0.344 e. The lowest BCUT2D eigenvalue weighted by atomic mass is 10.1. The number of nitrogens with zero attached hydrogens (tertiary/aromatic N) is 1. The van der Waals surface area contributed by atoms with Gasteiger partial charge in [-0.1, -0.05) is 78.1 Å². The zero-order chi connectivity index (χ0) is 23.0. The minimum absolute atomic E-state index is 0.334. The van der Waals surface area contributed by atoms with E-state index >= 15 is 0 Å². The fraction of sp³-hybridized carbons (Fsp3) is 0.917. The molecule has 0 saturated carbocycles. The third kappa shape index (κ3) is 10.8.